The molecule has 132 valence electrons. The molecule has 0 bridgehead atoms. The molecule has 0 atom stereocenters. The van der Waals surface area contributed by atoms with Crippen molar-refractivity contribution in [3.63, 3.8) is 0 Å². The zero-order chi connectivity index (χ0) is 18.4. The van der Waals surface area contributed by atoms with Gasteiger partial charge in [-0.1, -0.05) is 12.1 Å². The fourth-order valence-electron chi connectivity index (χ4n) is 2.35. The number of amides is 1. The van der Waals surface area contributed by atoms with Gasteiger partial charge < -0.3 is 14.8 Å². The van der Waals surface area contributed by atoms with Gasteiger partial charge in [0.1, 0.15) is 11.5 Å². The lowest BCUT2D eigenvalue weighted by molar-refractivity contribution is 0.102. The number of benzene rings is 2. The van der Waals surface area contributed by atoms with Crippen molar-refractivity contribution in [2.45, 2.75) is 13.8 Å². The Morgan fingerprint density at radius 3 is 2.42 bits per heavy atom. The van der Waals surface area contributed by atoms with E-state index in [1.807, 2.05) is 50.2 Å². The number of hydrogen-bond donors (Lipinski definition) is 1. The highest BCUT2D eigenvalue weighted by molar-refractivity contribution is 6.04. The van der Waals surface area contributed by atoms with Gasteiger partial charge in [-0.2, -0.15) is 0 Å². The highest BCUT2D eigenvalue weighted by Gasteiger charge is 2.11. The molecule has 3 rings (SSSR count). The van der Waals surface area contributed by atoms with Gasteiger partial charge >= 0.3 is 0 Å². The molecule has 1 N–H and O–H groups in total. The van der Waals surface area contributed by atoms with E-state index < -0.39 is 0 Å². The van der Waals surface area contributed by atoms with E-state index in [4.69, 9.17) is 9.47 Å². The lowest BCUT2D eigenvalue weighted by Crippen LogP contribution is -2.12. The van der Waals surface area contributed by atoms with Crippen molar-refractivity contribution in [1.29, 1.82) is 0 Å². The van der Waals surface area contributed by atoms with Crippen LogP contribution in [0.25, 0.3) is 0 Å². The van der Waals surface area contributed by atoms with Crippen LogP contribution in [0.4, 0.5) is 5.69 Å². The average Bonchev–Trinajstić information content (AvgIpc) is 2.65. The molecule has 0 fully saturated rings. The second-order valence-corrected chi connectivity index (χ2v) is 5.65. The first-order valence-corrected chi connectivity index (χ1v) is 8.39. The average molecular weight is 348 g/mol. The molecule has 1 amide bonds. The number of carbonyl (C=O) groups excluding carboxylic acids is 1. The van der Waals surface area contributed by atoms with E-state index in [-0.39, 0.29) is 5.91 Å². The number of ether oxygens (including phenoxy) is 2. The molecule has 2 aromatic carbocycles. The van der Waals surface area contributed by atoms with E-state index in [2.05, 4.69) is 10.3 Å². The zero-order valence-corrected chi connectivity index (χ0v) is 14.7. The van der Waals surface area contributed by atoms with Crippen LogP contribution in [-0.4, -0.2) is 17.5 Å². The lowest BCUT2D eigenvalue weighted by atomic mass is 10.2. The molecule has 0 aliphatic carbocycles. The number of nitrogens with zero attached hydrogens (tertiary/aromatic N) is 1. The van der Waals surface area contributed by atoms with Crippen LogP contribution in [-0.2, 0) is 0 Å². The second kappa shape index (κ2) is 8.16. The van der Waals surface area contributed by atoms with Crippen LogP contribution in [0.1, 0.15) is 23.0 Å². The van der Waals surface area contributed by atoms with Gasteiger partial charge in [-0.15, -0.1) is 0 Å². The van der Waals surface area contributed by atoms with Crippen LogP contribution < -0.4 is 14.8 Å². The Balaban J connectivity index is 1.75. The summed E-state index contributed by atoms with van der Waals surface area (Å²) in [7, 11) is 0. The third kappa shape index (κ3) is 4.39. The molecule has 0 radical (unpaired) electrons. The van der Waals surface area contributed by atoms with Crippen molar-refractivity contribution >= 4 is 11.6 Å². The molecular weight excluding hydrogens is 328 g/mol. The van der Waals surface area contributed by atoms with Crippen LogP contribution in [0, 0.1) is 6.92 Å². The summed E-state index contributed by atoms with van der Waals surface area (Å²) in [5.74, 6) is 1.77. The van der Waals surface area contributed by atoms with Gasteiger partial charge in [0.2, 0.25) is 0 Å². The molecule has 0 saturated heterocycles. The largest absolute Gasteiger partial charge is 0.494 e. The standard InChI is InChI=1S/C21H20N2O3/c1-3-25-17-10-12-18(13-11-17)26-20-7-5-4-6-19(20)23-21(24)16-9-8-15(2)22-14-16/h4-14H,3H2,1-2H3,(H,23,24). The summed E-state index contributed by atoms with van der Waals surface area (Å²) in [6.45, 7) is 4.43. The smallest absolute Gasteiger partial charge is 0.257 e. The molecule has 0 aliphatic rings. The maximum absolute atomic E-state index is 12.4. The number of nitrogens with one attached hydrogen (secondary N) is 1. The molecule has 0 saturated carbocycles. The van der Waals surface area contributed by atoms with Crippen LogP contribution in [0.15, 0.2) is 66.9 Å². The Bertz CT molecular complexity index is 875. The minimum absolute atomic E-state index is 0.236. The summed E-state index contributed by atoms with van der Waals surface area (Å²) in [5.41, 5.74) is 1.94. The normalized spacial score (nSPS) is 10.2. The Labute approximate surface area is 152 Å². The van der Waals surface area contributed by atoms with Crippen molar-refractivity contribution in [2.75, 3.05) is 11.9 Å². The zero-order valence-electron chi connectivity index (χ0n) is 14.7. The van der Waals surface area contributed by atoms with Crippen molar-refractivity contribution < 1.29 is 14.3 Å². The number of aryl methyl sites for hydroxylation is 1. The molecule has 26 heavy (non-hydrogen) atoms. The lowest BCUT2D eigenvalue weighted by Gasteiger charge is -2.12. The van der Waals surface area contributed by atoms with Gasteiger partial charge in [-0.05, 0) is 62.4 Å². The molecule has 1 aromatic heterocycles. The van der Waals surface area contributed by atoms with E-state index >= 15 is 0 Å². The highest BCUT2D eigenvalue weighted by Crippen LogP contribution is 2.30. The van der Waals surface area contributed by atoms with E-state index in [0.29, 0.717) is 29.4 Å². The number of hydrogen-bond acceptors (Lipinski definition) is 4. The van der Waals surface area contributed by atoms with Gasteiger partial charge in [0, 0.05) is 11.9 Å². The van der Waals surface area contributed by atoms with Crippen molar-refractivity contribution in [2.24, 2.45) is 0 Å². The quantitative estimate of drug-likeness (QED) is 0.693. The molecular formula is C21H20N2O3. The highest BCUT2D eigenvalue weighted by atomic mass is 16.5. The number of carbonyl (C=O) groups is 1. The van der Waals surface area contributed by atoms with Crippen LogP contribution in [0.5, 0.6) is 17.2 Å². The number of pyridine rings is 1. The Morgan fingerprint density at radius 2 is 1.73 bits per heavy atom. The Morgan fingerprint density at radius 1 is 1.00 bits per heavy atom. The summed E-state index contributed by atoms with van der Waals surface area (Å²) in [5, 5.41) is 2.87. The number of rotatable bonds is 6. The summed E-state index contributed by atoms with van der Waals surface area (Å²) in [6, 6.07) is 18.2. The van der Waals surface area contributed by atoms with Crippen LogP contribution in [0.2, 0.25) is 0 Å². The molecule has 5 heteroatoms. The summed E-state index contributed by atoms with van der Waals surface area (Å²) >= 11 is 0. The molecule has 0 unspecified atom stereocenters. The third-order valence-corrected chi connectivity index (χ3v) is 3.67. The number of aromatic nitrogens is 1. The maximum Gasteiger partial charge on any atom is 0.257 e. The minimum Gasteiger partial charge on any atom is -0.494 e. The van der Waals surface area contributed by atoms with Crippen molar-refractivity contribution in [1.82, 2.24) is 4.98 Å². The van der Waals surface area contributed by atoms with Gasteiger partial charge in [0.05, 0.1) is 17.9 Å². The van der Waals surface area contributed by atoms with Crippen molar-refractivity contribution in [3.05, 3.63) is 78.1 Å². The number of para-hydroxylation sites is 2. The first kappa shape index (κ1) is 17.5. The summed E-state index contributed by atoms with van der Waals surface area (Å²) < 4.78 is 11.3. The van der Waals surface area contributed by atoms with Gasteiger partial charge in [0.15, 0.2) is 5.75 Å². The summed E-state index contributed by atoms with van der Waals surface area (Å²) in [4.78, 5) is 16.6. The van der Waals surface area contributed by atoms with Gasteiger partial charge in [0.25, 0.3) is 5.91 Å². The van der Waals surface area contributed by atoms with E-state index in [1.54, 1.807) is 30.5 Å². The van der Waals surface area contributed by atoms with Gasteiger partial charge in [-0.25, -0.2) is 0 Å². The molecule has 0 aliphatic heterocycles. The predicted molar refractivity (Wildman–Crippen MR) is 101 cm³/mol. The number of anilines is 1. The molecule has 0 spiro atoms. The van der Waals surface area contributed by atoms with Crippen LogP contribution in [0.3, 0.4) is 0 Å². The molecule has 1 heterocycles. The molecule has 3 aromatic rings. The predicted octanol–water partition coefficient (Wildman–Crippen LogP) is 4.83. The Kier molecular flexibility index (Phi) is 5.49. The second-order valence-electron chi connectivity index (χ2n) is 5.65. The monoisotopic (exact) mass is 348 g/mol. The van der Waals surface area contributed by atoms with E-state index in [0.717, 1.165) is 11.4 Å². The SMILES string of the molecule is CCOc1ccc(Oc2ccccc2NC(=O)c2ccc(C)nc2)cc1. The molecule has 5 nitrogen and oxygen atoms in total. The first-order chi connectivity index (χ1) is 12.7. The fraction of sp³-hybridized carbons (Fsp3) is 0.143. The maximum atomic E-state index is 12.4. The van der Waals surface area contributed by atoms with E-state index in [9.17, 15) is 4.79 Å². The van der Waals surface area contributed by atoms with Crippen molar-refractivity contribution in [3.8, 4) is 17.2 Å². The fourth-order valence-corrected chi connectivity index (χ4v) is 2.35. The van der Waals surface area contributed by atoms with E-state index in [1.165, 1.54) is 0 Å². The van der Waals surface area contributed by atoms with Gasteiger partial charge in [-0.3, -0.25) is 9.78 Å². The third-order valence-electron chi connectivity index (χ3n) is 3.67. The van der Waals surface area contributed by atoms with Crippen LogP contribution >= 0.6 is 0 Å². The first-order valence-electron chi connectivity index (χ1n) is 8.39. The summed E-state index contributed by atoms with van der Waals surface area (Å²) in [6.07, 6.45) is 1.56. The Hall–Kier alpha value is -3.34. The minimum atomic E-state index is -0.236. The topological polar surface area (TPSA) is 60.5 Å².